The number of anilines is 2. The number of benzene rings is 2. The topological polar surface area (TPSA) is 125 Å². The van der Waals surface area contributed by atoms with E-state index in [1.165, 1.54) is 41.3 Å². The van der Waals surface area contributed by atoms with E-state index in [2.05, 4.69) is 37.5 Å². The molecule has 0 fully saturated rings. The molecule has 0 saturated carbocycles. The zero-order valence-corrected chi connectivity index (χ0v) is 24.1. The number of carbonyl (C=O) groups excluding carboxylic acids is 2. The van der Waals surface area contributed by atoms with Gasteiger partial charge >= 0.3 is 0 Å². The van der Waals surface area contributed by atoms with E-state index in [0.717, 1.165) is 4.47 Å². The molecule has 1 amide bonds. The number of hydrogen-bond donors (Lipinski definition) is 2. The van der Waals surface area contributed by atoms with E-state index in [0.29, 0.717) is 33.7 Å². The second-order valence-corrected chi connectivity index (χ2v) is 12.1. The molecule has 39 heavy (non-hydrogen) atoms. The maximum atomic E-state index is 15.0. The summed E-state index contributed by atoms with van der Waals surface area (Å²) in [5, 5.41) is 21.8. The summed E-state index contributed by atoms with van der Waals surface area (Å²) in [6, 6.07) is 13.6. The molecule has 13 heteroatoms. The standard InChI is InChI=1S/C26H19BrClFN6O2S2/c27-14-5-1-2-8-17(14)32-20(37)12-38-26-34-33-25(39-26)35-18-9-4-10-19(36)23(18)21(13(11-30)24(35)31)22-15(28)6-3-7-16(22)29/h1-3,5-8,21H,4,9-10,12,31H2,(H,32,37). The molecule has 1 aromatic heterocycles. The number of nitriles is 1. The van der Waals surface area contributed by atoms with Crippen molar-refractivity contribution < 1.29 is 14.0 Å². The minimum Gasteiger partial charge on any atom is -0.384 e. The molecule has 0 spiro atoms. The second kappa shape index (κ2) is 11.5. The summed E-state index contributed by atoms with van der Waals surface area (Å²) in [5.74, 6) is -1.94. The third-order valence-electron chi connectivity index (χ3n) is 6.26. The fourth-order valence-corrected chi connectivity index (χ4v) is 6.94. The number of ketones is 1. The first-order chi connectivity index (χ1) is 18.8. The molecule has 0 radical (unpaired) electrons. The fourth-order valence-electron chi connectivity index (χ4n) is 4.61. The Balaban J connectivity index is 1.46. The summed E-state index contributed by atoms with van der Waals surface area (Å²) in [6.07, 6.45) is 1.30. The van der Waals surface area contributed by atoms with Crippen LogP contribution in [0.5, 0.6) is 0 Å². The van der Waals surface area contributed by atoms with Crippen LogP contribution in [0.2, 0.25) is 5.02 Å². The summed E-state index contributed by atoms with van der Waals surface area (Å²) in [4.78, 5) is 27.3. The quantitative estimate of drug-likeness (QED) is 0.307. The summed E-state index contributed by atoms with van der Waals surface area (Å²) in [5.41, 5.74) is 8.06. The van der Waals surface area contributed by atoms with Gasteiger partial charge in [-0.3, -0.25) is 14.5 Å². The molecule has 1 unspecified atom stereocenters. The van der Waals surface area contributed by atoms with E-state index in [1.54, 1.807) is 11.0 Å². The number of allylic oxidation sites excluding steroid dienone is 3. The molecular weight excluding hydrogens is 627 g/mol. The van der Waals surface area contributed by atoms with E-state index in [1.807, 2.05) is 18.2 Å². The van der Waals surface area contributed by atoms with Crippen LogP contribution in [0.25, 0.3) is 0 Å². The number of amides is 1. The molecule has 0 bridgehead atoms. The number of carbonyl (C=O) groups is 2. The van der Waals surface area contributed by atoms with Crippen LogP contribution in [0.1, 0.15) is 30.7 Å². The van der Waals surface area contributed by atoms with Crippen molar-refractivity contribution in [2.45, 2.75) is 29.5 Å². The van der Waals surface area contributed by atoms with Gasteiger partial charge in [0.1, 0.15) is 11.6 Å². The molecule has 5 rings (SSSR count). The number of rotatable bonds is 6. The first kappa shape index (κ1) is 27.3. The van der Waals surface area contributed by atoms with Gasteiger partial charge in [0, 0.05) is 32.7 Å². The lowest BCUT2D eigenvalue weighted by atomic mass is 9.75. The highest BCUT2D eigenvalue weighted by molar-refractivity contribution is 9.10. The van der Waals surface area contributed by atoms with Gasteiger partial charge in [-0.05, 0) is 53.0 Å². The Hall–Kier alpha value is -3.24. The van der Waals surface area contributed by atoms with Crippen molar-refractivity contribution >= 4 is 73.1 Å². The zero-order valence-electron chi connectivity index (χ0n) is 20.1. The number of nitrogens with zero attached hydrogens (tertiary/aromatic N) is 4. The predicted molar refractivity (Wildman–Crippen MR) is 153 cm³/mol. The minimum absolute atomic E-state index is 0.00761. The normalized spacial score (nSPS) is 17.2. The van der Waals surface area contributed by atoms with Crippen molar-refractivity contribution in [1.29, 1.82) is 5.26 Å². The Morgan fingerprint density at radius 3 is 2.82 bits per heavy atom. The van der Waals surface area contributed by atoms with Crippen molar-refractivity contribution in [1.82, 2.24) is 10.2 Å². The lowest BCUT2D eigenvalue weighted by molar-refractivity contribution is -0.116. The Kier molecular flexibility index (Phi) is 8.04. The van der Waals surface area contributed by atoms with Crippen molar-refractivity contribution in [3.05, 3.63) is 86.0 Å². The SMILES string of the molecule is N#CC1=C(N)N(c2nnc(SCC(=O)Nc3ccccc3Br)s2)C2=C(C(=O)CCC2)C1c1c(F)cccc1Cl. The highest BCUT2D eigenvalue weighted by Gasteiger charge is 2.42. The molecule has 198 valence electrons. The number of Topliss-reactive ketones (excluding diaryl/α,β-unsaturated/α-hetero) is 1. The number of thioether (sulfide) groups is 1. The summed E-state index contributed by atoms with van der Waals surface area (Å²) < 4.78 is 16.3. The predicted octanol–water partition coefficient (Wildman–Crippen LogP) is 6.13. The van der Waals surface area contributed by atoms with Gasteiger partial charge < -0.3 is 11.1 Å². The lowest BCUT2D eigenvalue weighted by Crippen LogP contribution is -2.39. The first-order valence-corrected chi connectivity index (χ1v) is 14.7. The molecular formula is C26H19BrClFN6O2S2. The number of nitrogens with one attached hydrogen (secondary N) is 1. The van der Waals surface area contributed by atoms with Crippen LogP contribution in [0, 0.1) is 17.1 Å². The van der Waals surface area contributed by atoms with Crippen LogP contribution in [-0.2, 0) is 9.59 Å². The molecule has 0 saturated heterocycles. The van der Waals surface area contributed by atoms with E-state index >= 15 is 4.39 Å². The van der Waals surface area contributed by atoms with Crippen molar-refractivity contribution in [3.8, 4) is 6.07 Å². The second-order valence-electron chi connectivity index (χ2n) is 8.62. The molecule has 1 atom stereocenters. The van der Waals surface area contributed by atoms with Crippen molar-refractivity contribution in [2.75, 3.05) is 16.0 Å². The van der Waals surface area contributed by atoms with E-state index in [9.17, 15) is 14.9 Å². The number of hydrogen-bond acceptors (Lipinski definition) is 9. The van der Waals surface area contributed by atoms with Gasteiger partial charge in [0.15, 0.2) is 10.1 Å². The van der Waals surface area contributed by atoms with Gasteiger partial charge in [-0.15, -0.1) is 10.2 Å². The number of nitrogens with two attached hydrogens (primary N) is 1. The van der Waals surface area contributed by atoms with Gasteiger partial charge in [-0.25, -0.2) is 4.39 Å². The lowest BCUT2D eigenvalue weighted by Gasteiger charge is -2.38. The molecule has 3 N–H and O–H groups in total. The van der Waals surface area contributed by atoms with E-state index in [4.69, 9.17) is 17.3 Å². The molecule has 8 nitrogen and oxygen atoms in total. The van der Waals surface area contributed by atoms with Crippen LogP contribution >= 0.6 is 50.6 Å². The average molecular weight is 646 g/mol. The fraction of sp³-hybridized carbons (Fsp3) is 0.192. The largest absolute Gasteiger partial charge is 0.384 e. The molecule has 2 aromatic carbocycles. The zero-order chi connectivity index (χ0) is 27.7. The van der Waals surface area contributed by atoms with E-state index in [-0.39, 0.29) is 51.4 Å². The highest BCUT2D eigenvalue weighted by atomic mass is 79.9. The van der Waals surface area contributed by atoms with Crippen molar-refractivity contribution in [3.63, 3.8) is 0 Å². The Morgan fingerprint density at radius 1 is 1.28 bits per heavy atom. The van der Waals surface area contributed by atoms with E-state index < -0.39 is 11.7 Å². The van der Waals surface area contributed by atoms with Gasteiger partial charge in [0.2, 0.25) is 11.0 Å². The van der Waals surface area contributed by atoms with Gasteiger partial charge in [-0.1, -0.05) is 52.9 Å². The van der Waals surface area contributed by atoms with Crippen LogP contribution in [0.15, 0.2) is 73.9 Å². The molecule has 1 aliphatic carbocycles. The Morgan fingerprint density at radius 2 is 2.08 bits per heavy atom. The maximum Gasteiger partial charge on any atom is 0.234 e. The Bertz CT molecular complexity index is 1580. The van der Waals surface area contributed by atoms with Crippen LogP contribution < -0.4 is 16.0 Å². The van der Waals surface area contributed by atoms with Crippen LogP contribution in [-0.4, -0.2) is 27.6 Å². The van der Waals surface area contributed by atoms with Gasteiger partial charge in [0.05, 0.1) is 29.0 Å². The Labute approximate surface area is 244 Å². The minimum atomic E-state index is -1.02. The molecule has 2 aliphatic rings. The summed E-state index contributed by atoms with van der Waals surface area (Å²) >= 11 is 12.1. The van der Waals surface area contributed by atoms with Crippen LogP contribution in [0.4, 0.5) is 15.2 Å². The van der Waals surface area contributed by atoms with Gasteiger partial charge in [-0.2, -0.15) is 5.26 Å². The van der Waals surface area contributed by atoms with Crippen molar-refractivity contribution in [2.24, 2.45) is 5.73 Å². The van der Waals surface area contributed by atoms with Crippen LogP contribution in [0.3, 0.4) is 0 Å². The summed E-state index contributed by atoms with van der Waals surface area (Å²) in [6.45, 7) is 0. The molecule has 3 aromatic rings. The average Bonchev–Trinajstić information content (AvgIpc) is 3.37. The summed E-state index contributed by atoms with van der Waals surface area (Å²) in [7, 11) is 0. The number of halogens is 3. The number of para-hydroxylation sites is 1. The molecule has 2 heterocycles. The first-order valence-electron chi connectivity index (χ1n) is 11.7. The number of aromatic nitrogens is 2. The molecule has 1 aliphatic heterocycles. The third kappa shape index (κ3) is 5.32. The smallest absolute Gasteiger partial charge is 0.234 e. The monoisotopic (exact) mass is 644 g/mol. The maximum absolute atomic E-state index is 15.0. The van der Waals surface area contributed by atoms with Gasteiger partial charge in [0.25, 0.3) is 0 Å². The third-order valence-corrected chi connectivity index (χ3v) is 9.33. The highest BCUT2D eigenvalue weighted by Crippen LogP contribution is 2.49.